The number of hydrogen-bond acceptors (Lipinski definition) is 2. The van der Waals surface area contributed by atoms with Crippen molar-refractivity contribution in [3.63, 3.8) is 0 Å². The van der Waals surface area contributed by atoms with Crippen molar-refractivity contribution in [2.75, 3.05) is 6.54 Å². The summed E-state index contributed by atoms with van der Waals surface area (Å²) in [4.78, 5) is 1.41. The quantitative estimate of drug-likeness (QED) is 0.840. The third-order valence-corrected chi connectivity index (χ3v) is 4.41. The van der Waals surface area contributed by atoms with Gasteiger partial charge in [-0.3, -0.25) is 0 Å². The molecule has 3 heteroatoms. The summed E-state index contributed by atoms with van der Waals surface area (Å²) in [5.41, 5.74) is 2.79. The highest BCUT2D eigenvalue weighted by atomic mass is 79.9. The van der Waals surface area contributed by atoms with Gasteiger partial charge in [0, 0.05) is 15.4 Å². The second kappa shape index (κ2) is 6.50. The van der Waals surface area contributed by atoms with Crippen LogP contribution in [0.15, 0.2) is 40.2 Å². The zero-order valence-electron chi connectivity index (χ0n) is 10.7. The number of hydrogen-bond donors (Lipinski definition) is 1. The Bertz CT molecular complexity index is 507. The SMILES string of the molecule is CCNC(Cc1cccc(Br)c1)c1ccsc1C. The molecule has 1 nitrogen and oxygen atoms in total. The van der Waals surface area contributed by atoms with Crippen LogP contribution < -0.4 is 5.32 Å². The van der Waals surface area contributed by atoms with Gasteiger partial charge in [0.05, 0.1) is 0 Å². The van der Waals surface area contributed by atoms with Crippen LogP contribution in [0, 0.1) is 6.92 Å². The van der Waals surface area contributed by atoms with Gasteiger partial charge in [0.1, 0.15) is 0 Å². The van der Waals surface area contributed by atoms with Crippen molar-refractivity contribution in [3.8, 4) is 0 Å². The minimum Gasteiger partial charge on any atom is -0.310 e. The second-order valence-electron chi connectivity index (χ2n) is 4.38. The fourth-order valence-electron chi connectivity index (χ4n) is 2.19. The molecular formula is C15H18BrNS. The number of halogens is 1. The fraction of sp³-hybridized carbons (Fsp3) is 0.333. The molecule has 0 saturated heterocycles. The molecule has 1 aromatic heterocycles. The number of benzene rings is 1. The number of nitrogens with one attached hydrogen (secondary N) is 1. The molecule has 0 spiro atoms. The van der Waals surface area contributed by atoms with Crippen LogP contribution in [0.4, 0.5) is 0 Å². The Kier molecular flexibility index (Phi) is 4.98. The monoisotopic (exact) mass is 323 g/mol. The van der Waals surface area contributed by atoms with Gasteiger partial charge in [-0.05, 0) is 54.6 Å². The first kappa shape index (κ1) is 13.8. The van der Waals surface area contributed by atoms with E-state index in [0.717, 1.165) is 17.4 Å². The van der Waals surface area contributed by atoms with Gasteiger partial charge in [-0.25, -0.2) is 0 Å². The molecule has 1 aromatic carbocycles. The van der Waals surface area contributed by atoms with Gasteiger partial charge in [-0.1, -0.05) is 35.0 Å². The zero-order chi connectivity index (χ0) is 13.0. The fourth-order valence-corrected chi connectivity index (χ4v) is 3.41. The normalized spacial score (nSPS) is 12.6. The van der Waals surface area contributed by atoms with Gasteiger partial charge in [0.15, 0.2) is 0 Å². The van der Waals surface area contributed by atoms with Crippen LogP contribution in [0.25, 0.3) is 0 Å². The summed E-state index contributed by atoms with van der Waals surface area (Å²) in [5.74, 6) is 0. The number of thiophene rings is 1. The molecule has 0 saturated carbocycles. The van der Waals surface area contributed by atoms with Gasteiger partial charge in [-0.15, -0.1) is 11.3 Å². The van der Waals surface area contributed by atoms with E-state index in [4.69, 9.17) is 0 Å². The maximum atomic E-state index is 3.59. The van der Waals surface area contributed by atoms with E-state index < -0.39 is 0 Å². The Hall–Kier alpha value is -0.640. The van der Waals surface area contributed by atoms with Crippen molar-refractivity contribution >= 4 is 27.3 Å². The van der Waals surface area contributed by atoms with E-state index in [0.29, 0.717) is 6.04 Å². The van der Waals surface area contributed by atoms with Crippen LogP contribution in [-0.4, -0.2) is 6.54 Å². The third kappa shape index (κ3) is 3.44. The number of rotatable bonds is 5. The molecule has 1 unspecified atom stereocenters. The van der Waals surface area contributed by atoms with E-state index in [1.165, 1.54) is 16.0 Å². The summed E-state index contributed by atoms with van der Waals surface area (Å²) in [5, 5.41) is 5.76. The lowest BCUT2D eigenvalue weighted by molar-refractivity contribution is 0.549. The maximum Gasteiger partial charge on any atom is 0.0371 e. The average Bonchev–Trinajstić information content (AvgIpc) is 2.75. The Morgan fingerprint density at radius 2 is 2.17 bits per heavy atom. The van der Waals surface area contributed by atoms with Crippen molar-refractivity contribution in [2.24, 2.45) is 0 Å². The molecule has 2 aromatic rings. The van der Waals surface area contributed by atoms with Gasteiger partial charge in [0.25, 0.3) is 0 Å². The molecule has 2 rings (SSSR count). The van der Waals surface area contributed by atoms with E-state index in [9.17, 15) is 0 Å². The molecule has 0 fully saturated rings. The van der Waals surface area contributed by atoms with Gasteiger partial charge < -0.3 is 5.32 Å². The minimum atomic E-state index is 0.413. The molecule has 0 aliphatic rings. The Morgan fingerprint density at radius 1 is 1.33 bits per heavy atom. The molecule has 0 amide bonds. The topological polar surface area (TPSA) is 12.0 Å². The van der Waals surface area contributed by atoms with Crippen molar-refractivity contribution in [2.45, 2.75) is 26.3 Å². The minimum absolute atomic E-state index is 0.413. The zero-order valence-corrected chi connectivity index (χ0v) is 13.1. The van der Waals surface area contributed by atoms with Crippen LogP contribution in [-0.2, 0) is 6.42 Å². The molecule has 0 bridgehead atoms. The third-order valence-electron chi connectivity index (χ3n) is 3.05. The summed E-state index contributed by atoms with van der Waals surface area (Å²) in [6.45, 7) is 5.36. The first-order chi connectivity index (χ1) is 8.70. The predicted octanol–water partition coefficient (Wildman–Crippen LogP) is 4.71. The molecule has 1 N–H and O–H groups in total. The summed E-state index contributed by atoms with van der Waals surface area (Å²) >= 11 is 5.36. The maximum absolute atomic E-state index is 3.59. The molecule has 0 radical (unpaired) electrons. The first-order valence-electron chi connectivity index (χ1n) is 6.22. The average molecular weight is 324 g/mol. The van der Waals surface area contributed by atoms with Gasteiger partial charge >= 0.3 is 0 Å². The number of aryl methyl sites for hydroxylation is 1. The molecule has 1 heterocycles. The van der Waals surface area contributed by atoms with E-state index in [-0.39, 0.29) is 0 Å². The second-order valence-corrected chi connectivity index (χ2v) is 6.41. The summed E-state index contributed by atoms with van der Waals surface area (Å²) < 4.78 is 1.15. The summed E-state index contributed by atoms with van der Waals surface area (Å²) in [7, 11) is 0. The highest BCUT2D eigenvalue weighted by Gasteiger charge is 2.14. The van der Waals surface area contributed by atoms with Crippen LogP contribution in [0.2, 0.25) is 0 Å². The van der Waals surface area contributed by atoms with Crippen molar-refractivity contribution in [1.29, 1.82) is 0 Å². The molecule has 1 atom stereocenters. The molecule has 18 heavy (non-hydrogen) atoms. The molecule has 96 valence electrons. The highest BCUT2D eigenvalue weighted by Crippen LogP contribution is 2.26. The number of likely N-dealkylation sites (N-methyl/N-ethyl adjacent to an activating group) is 1. The molecular weight excluding hydrogens is 306 g/mol. The van der Waals surface area contributed by atoms with Crippen molar-refractivity contribution < 1.29 is 0 Å². The van der Waals surface area contributed by atoms with Gasteiger partial charge in [-0.2, -0.15) is 0 Å². The van der Waals surface area contributed by atoms with Crippen LogP contribution >= 0.6 is 27.3 Å². The molecule has 0 aliphatic heterocycles. The highest BCUT2D eigenvalue weighted by molar-refractivity contribution is 9.10. The van der Waals surface area contributed by atoms with Crippen LogP contribution in [0.1, 0.15) is 29.0 Å². The van der Waals surface area contributed by atoms with E-state index in [1.54, 1.807) is 0 Å². The van der Waals surface area contributed by atoms with E-state index >= 15 is 0 Å². The van der Waals surface area contributed by atoms with Crippen molar-refractivity contribution in [3.05, 3.63) is 56.2 Å². The molecule has 0 aliphatic carbocycles. The smallest absolute Gasteiger partial charge is 0.0371 e. The Balaban J connectivity index is 2.19. The largest absolute Gasteiger partial charge is 0.310 e. The van der Waals surface area contributed by atoms with E-state index in [2.05, 4.69) is 70.8 Å². The summed E-state index contributed by atoms with van der Waals surface area (Å²) in [6.07, 6.45) is 1.03. The van der Waals surface area contributed by atoms with Crippen LogP contribution in [0.5, 0.6) is 0 Å². The lowest BCUT2D eigenvalue weighted by Crippen LogP contribution is -2.23. The lowest BCUT2D eigenvalue weighted by atomic mass is 9.99. The van der Waals surface area contributed by atoms with Crippen molar-refractivity contribution in [1.82, 2.24) is 5.32 Å². The Labute approximate surface area is 121 Å². The first-order valence-corrected chi connectivity index (χ1v) is 7.89. The van der Waals surface area contributed by atoms with E-state index in [1.807, 2.05) is 11.3 Å². The predicted molar refractivity (Wildman–Crippen MR) is 83.3 cm³/mol. The standard InChI is InChI=1S/C15H18BrNS/c1-3-17-15(14-7-8-18-11(14)2)10-12-5-4-6-13(16)9-12/h4-9,15,17H,3,10H2,1-2H3. The van der Waals surface area contributed by atoms with Gasteiger partial charge in [0.2, 0.25) is 0 Å². The van der Waals surface area contributed by atoms with Crippen LogP contribution in [0.3, 0.4) is 0 Å². The Morgan fingerprint density at radius 3 is 2.78 bits per heavy atom. The summed E-state index contributed by atoms with van der Waals surface area (Å²) in [6, 6.07) is 11.2. The lowest BCUT2D eigenvalue weighted by Gasteiger charge is -2.18.